The summed E-state index contributed by atoms with van der Waals surface area (Å²) in [6, 6.07) is 4.64. The van der Waals surface area contributed by atoms with Gasteiger partial charge in [0.2, 0.25) is 10.0 Å². The third kappa shape index (κ3) is 3.85. The van der Waals surface area contributed by atoms with Crippen molar-refractivity contribution >= 4 is 21.6 Å². The maximum absolute atomic E-state index is 12.2. The Labute approximate surface area is 124 Å². The van der Waals surface area contributed by atoms with Gasteiger partial charge in [-0.15, -0.1) is 0 Å². The fourth-order valence-corrected chi connectivity index (χ4v) is 3.64. The van der Waals surface area contributed by atoms with Crippen molar-refractivity contribution < 1.29 is 13.2 Å². The van der Waals surface area contributed by atoms with E-state index in [1.807, 2.05) is 0 Å². The molecule has 1 heterocycles. The number of hydrogen-bond acceptors (Lipinski definition) is 4. The van der Waals surface area contributed by atoms with Crippen LogP contribution in [0.25, 0.3) is 0 Å². The van der Waals surface area contributed by atoms with Crippen LogP contribution in [0.5, 0.6) is 5.75 Å². The number of hydrogen-bond donors (Lipinski definition) is 2. The molecule has 5 nitrogen and oxygen atoms in total. The maximum Gasteiger partial charge on any atom is 0.240 e. The summed E-state index contributed by atoms with van der Waals surface area (Å²) in [5, 5.41) is 3.58. The SMILES string of the molecule is COc1ccc(S(=O)(=O)NCC2CCCCN2)cc1Cl. The Balaban J connectivity index is 2.04. The normalized spacial score (nSPS) is 19.8. The summed E-state index contributed by atoms with van der Waals surface area (Å²) in [5.41, 5.74) is 0. The van der Waals surface area contributed by atoms with E-state index >= 15 is 0 Å². The van der Waals surface area contributed by atoms with Crippen LogP contribution in [-0.2, 0) is 10.0 Å². The highest BCUT2D eigenvalue weighted by Crippen LogP contribution is 2.26. The van der Waals surface area contributed by atoms with Gasteiger partial charge in [-0.05, 0) is 37.6 Å². The quantitative estimate of drug-likeness (QED) is 0.868. The van der Waals surface area contributed by atoms with Crippen LogP contribution >= 0.6 is 11.6 Å². The number of methoxy groups -OCH3 is 1. The molecule has 2 N–H and O–H groups in total. The molecule has 2 rings (SSSR count). The van der Waals surface area contributed by atoms with Gasteiger partial charge in [0.15, 0.2) is 0 Å². The Morgan fingerprint density at radius 1 is 1.45 bits per heavy atom. The Morgan fingerprint density at radius 3 is 2.85 bits per heavy atom. The average molecular weight is 319 g/mol. The highest BCUT2D eigenvalue weighted by Gasteiger charge is 2.19. The summed E-state index contributed by atoms with van der Waals surface area (Å²) in [7, 11) is -2.05. The molecule has 0 saturated carbocycles. The molecule has 0 aromatic heterocycles. The Bertz CT molecular complexity index is 557. The zero-order valence-corrected chi connectivity index (χ0v) is 12.9. The van der Waals surface area contributed by atoms with Crippen molar-refractivity contribution in [2.75, 3.05) is 20.2 Å². The van der Waals surface area contributed by atoms with Gasteiger partial charge in [-0.3, -0.25) is 0 Å². The lowest BCUT2D eigenvalue weighted by atomic mass is 10.1. The predicted molar refractivity (Wildman–Crippen MR) is 78.8 cm³/mol. The van der Waals surface area contributed by atoms with Gasteiger partial charge in [-0.1, -0.05) is 18.0 Å². The van der Waals surface area contributed by atoms with Crippen molar-refractivity contribution in [1.82, 2.24) is 10.0 Å². The third-order valence-electron chi connectivity index (χ3n) is 3.37. The van der Waals surface area contributed by atoms with Gasteiger partial charge < -0.3 is 10.1 Å². The summed E-state index contributed by atoms with van der Waals surface area (Å²) in [6.45, 7) is 1.34. The number of rotatable bonds is 5. The van der Waals surface area contributed by atoms with Crippen molar-refractivity contribution in [3.63, 3.8) is 0 Å². The number of benzene rings is 1. The van der Waals surface area contributed by atoms with E-state index in [-0.39, 0.29) is 16.0 Å². The number of halogens is 1. The maximum atomic E-state index is 12.2. The first kappa shape index (κ1) is 15.6. The summed E-state index contributed by atoms with van der Waals surface area (Å²) < 4.78 is 32.0. The van der Waals surface area contributed by atoms with Crippen LogP contribution in [0.1, 0.15) is 19.3 Å². The molecule has 0 bridgehead atoms. The van der Waals surface area contributed by atoms with E-state index in [4.69, 9.17) is 16.3 Å². The number of sulfonamides is 1. The minimum Gasteiger partial charge on any atom is -0.495 e. The molecule has 0 radical (unpaired) electrons. The van der Waals surface area contributed by atoms with E-state index in [0.717, 1.165) is 25.8 Å². The monoisotopic (exact) mass is 318 g/mol. The van der Waals surface area contributed by atoms with Crippen molar-refractivity contribution in [2.24, 2.45) is 0 Å². The van der Waals surface area contributed by atoms with E-state index in [1.54, 1.807) is 6.07 Å². The third-order valence-corrected chi connectivity index (χ3v) is 5.08. The van der Waals surface area contributed by atoms with E-state index in [1.165, 1.54) is 19.2 Å². The van der Waals surface area contributed by atoms with Crippen LogP contribution in [0.4, 0.5) is 0 Å². The first-order valence-corrected chi connectivity index (χ1v) is 8.45. The molecule has 0 spiro atoms. The van der Waals surface area contributed by atoms with E-state index < -0.39 is 10.0 Å². The number of ether oxygens (including phenoxy) is 1. The Morgan fingerprint density at radius 2 is 2.25 bits per heavy atom. The molecule has 0 aliphatic carbocycles. The van der Waals surface area contributed by atoms with Crippen molar-refractivity contribution in [2.45, 2.75) is 30.2 Å². The zero-order chi connectivity index (χ0) is 14.6. The van der Waals surface area contributed by atoms with Gasteiger partial charge in [0, 0.05) is 12.6 Å². The molecular weight excluding hydrogens is 300 g/mol. The lowest BCUT2D eigenvalue weighted by Crippen LogP contribution is -2.43. The Kier molecular flexibility index (Phi) is 5.26. The van der Waals surface area contributed by atoms with Crippen molar-refractivity contribution in [3.8, 4) is 5.75 Å². The molecule has 1 aromatic carbocycles. The molecule has 1 aromatic rings. The average Bonchev–Trinajstić information content (AvgIpc) is 2.46. The standard InChI is InChI=1S/C13H19ClN2O3S/c1-19-13-6-5-11(8-12(13)14)20(17,18)16-9-10-4-2-3-7-15-10/h5-6,8,10,15-16H,2-4,7,9H2,1H3. The molecule has 1 fully saturated rings. The Hall–Kier alpha value is -0.820. The molecular formula is C13H19ClN2O3S. The molecule has 1 saturated heterocycles. The second-order valence-corrected chi connectivity index (χ2v) is 6.97. The van der Waals surface area contributed by atoms with Crippen LogP contribution in [-0.4, -0.2) is 34.7 Å². The topological polar surface area (TPSA) is 67.4 Å². The van der Waals surface area contributed by atoms with Gasteiger partial charge in [0.05, 0.1) is 17.0 Å². The fraction of sp³-hybridized carbons (Fsp3) is 0.538. The highest BCUT2D eigenvalue weighted by molar-refractivity contribution is 7.89. The summed E-state index contributed by atoms with van der Waals surface area (Å²) >= 11 is 5.95. The second kappa shape index (κ2) is 6.76. The zero-order valence-electron chi connectivity index (χ0n) is 11.4. The van der Waals surface area contributed by atoms with E-state index in [2.05, 4.69) is 10.0 Å². The summed E-state index contributed by atoms with van der Waals surface area (Å²) in [5.74, 6) is 0.458. The largest absolute Gasteiger partial charge is 0.495 e. The van der Waals surface area contributed by atoms with Crippen LogP contribution in [0.15, 0.2) is 23.1 Å². The molecule has 20 heavy (non-hydrogen) atoms. The van der Waals surface area contributed by atoms with Crippen molar-refractivity contribution in [1.29, 1.82) is 0 Å². The van der Waals surface area contributed by atoms with Gasteiger partial charge in [0.25, 0.3) is 0 Å². The highest BCUT2D eigenvalue weighted by atomic mass is 35.5. The summed E-state index contributed by atoms with van der Waals surface area (Å²) in [4.78, 5) is 0.152. The lowest BCUT2D eigenvalue weighted by molar-refractivity contribution is 0.398. The molecule has 112 valence electrons. The van der Waals surface area contributed by atoms with Gasteiger partial charge in [-0.2, -0.15) is 0 Å². The minimum absolute atomic E-state index is 0.152. The molecule has 1 aliphatic heterocycles. The smallest absolute Gasteiger partial charge is 0.240 e. The van der Waals surface area contributed by atoms with Crippen LogP contribution in [0.3, 0.4) is 0 Å². The fourth-order valence-electron chi connectivity index (χ4n) is 2.21. The van der Waals surface area contributed by atoms with Crippen molar-refractivity contribution in [3.05, 3.63) is 23.2 Å². The van der Waals surface area contributed by atoms with Gasteiger partial charge >= 0.3 is 0 Å². The second-order valence-electron chi connectivity index (χ2n) is 4.80. The predicted octanol–water partition coefficient (Wildman–Crippen LogP) is 1.77. The minimum atomic E-state index is -3.54. The van der Waals surface area contributed by atoms with Gasteiger partial charge in [0.1, 0.15) is 5.75 Å². The first-order chi connectivity index (χ1) is 9.53. The van der Waals surface area contributed by atoms with E-state index in [0.29, 0.717) is 12.3 Å². The number of nitrogens with one attached hydrogen (secondary N) is 2. The van der Waals surface area contributed by atoms with Gasteiger partial charge in [-0.25, -0.2) is 13.1 Å². The molecule has 7 heteroatoms. The van der Waals surface area contributed by atoms with Crippen LogP contribution < -0.4 is 14.8 Å². The van der Waals surface area contributed by atoms with Crippen LogP contribution in [0.2, 0.25) is 5.02 Å². The molecule has 1 unspecified atom stereocenters. The lowest BCUT2D eigenvalue weighted by Gasteiger charge is -2.23. The molecule has 0 amide bonds. The van der Waals surface area contributed by atoms with E-state index in [9.17, 15) is 8.42 Å². The first-order valence-electron chi connectivity index (χ1n) is 6.59. The molecule has 1 aliphatic rings. The summed E-state index contributed by atoms with van der Waals surface area (Å²) in [6.07, 6.45) is 3.27. The number of piperidine rings is 1. The molecule has 1 atom stereocenters. The van der Waals surface area contributed by atoms with Crippen LogP contribution in [0, 0.1) is 0 Å².